The fourth-order valence-corrected chi connectivity index (χ4v) is 5.31. The van der Waals surface area contributed by atoms with Crippen LogP contribution in [0, 0.1) is 10.1 Å². The third-order valence-corrected chi connectivity index (χ3v) is 6.88. The summed E-state index contributed by atoms with van der Waals surface area (Å²) in [5.74, 6) is -0.545. The molecular weight excluding hydrogens is 466 g/mol. The van der Waals surface area contributed by atoms with Crippen LogP contribution >= 0.6 is 22.7 Å². The summed E-state index contributed by atoms with van der Waals surface area (Å²) in [6.45, 7) is 2.08. The van der Waals surface area contributed by atoms with E-state index in [1.165, 1.54) is 46.5 Å². The lowest BCUT2D eigenvalue weighted by Crippen LogP contribution is -2.39. The SMILES string of the molecule is COCCOC(=O)C1=C(C)N=c2s/c(=C/c3ccc([N+](=O)[O-])cc3)c(=O)n2C1c1cccs1. The Morgan fingerprint density at radius 3 is 2.67 bits per heavy atom. The van der Waals surface area contributed by atoms with E-state index < -0.39 is 16.9 Å². The van der Waals surface area contributed by atoms with Crippen LogP contribution in [0.5, 0.6) is 0 Å². The lowest BCUT2D eigenvalue weighted by Gasteiger charge is -2.23. The van der Waals surface area contributed by atoms with E-state index >= 15 is 0 Å². The fourth-order valence-electron chi connectivity index (χ4n) is 3.44. The zero-order valence-electron chi connectivity index (χ0n) is 17.7. The lowest BCUT2D eigenvalue weighted by atomic mass is 10.0. The van der Waals surface area contributed by atoms with Gasteiger partial charge in [-0.25, -0.2) is 9.79 Å². The molecule has 0 fully saturated rings. The molecule has 11 heteroatoms. The molecule has 170 valence electrons. The molecule has 3 aromatic rings. The molecule has 1 aliphatic rings. The zero-order chi connectivity index (χ0) is 23.5. The van der Waals surface area contributed by atoms with E-state index in [-0.39, 0.29) is 24.5 Å². The van der Waals surface area contributed by atoms with E-state index in [1.807, 2.05) is 17.5 Å². The molecule has 1 aliphatic heterocycles. The highest BCUT2D eigenvalue weighted by atomic mass is 32.1. The number of non-ortho nitro benzene ring substituents is 1. The second-order valence-electron chi connectivity index (χ2n) is 7.07. The molecule has 0 saturated carbocycles. The molecule has 1 atom stereocenters. The van der Waals surface area contributed by atoms with Crippen LogP contribution in [-0.2, 0) is 14.3 Å². The minimum Gasteiger partial charge on any atom is -0.460 e. The first-order valence-corrected chi connectivity index (χ1v) is 11.6. The van der Waals surface area contributed by atoms with Gasteiger partial charge >= 0.3 is 5.97 Å². The molecule has 0 radical (unpaired) electrons. The largest absolute Gasteiger partial charge is 0.460 e. The van der Waals surface area contributed by atoms with Crippen LogP contribution in [0.4, 0.5) is 5.69 Å². The van der Waals surface area contributed by atoms with Gasteiger partial charge in [-0.1, -0.05) is 17.4 Å². The molecule has 1 unspecified atom stereocenters. The van der Waals surface area contributed by atoms with Crippen molar-refractivity contribution in [1.29, 1.82) is 0 Å². The second-order valence-corrected chi connectivity index (χ2v) is 9.06. The number of hydrogen-bond donors (Lipinski definition) is 0. The number of nitrogens with zero attached hydrogens (tertiary/aromatic N) is 3. The molecule has 1 aromatic carbocycles. The van der Waals surface area contributed by atoms with Crippen molar-refractivity contribution < 1.29 is 19.2 Å². The summed E-state index contributed by atoms with van der Waals surface area (Å²) in [6.07, 6.45) is 1.66. The predicted octanol–water partition coefficient (Wildman–Crippen LogP) is 2.39. The number of ether oxygens (including phenoxy) is 2. The Kier molecular flexibility index (Phi) is 6.63. The molecule has 0 aliphatic carbocycles. The number of hydrogen-bond acceptors (Lipinski definition) is 9. The van der Waals surface area contributed by atoms with Gasteiger partial charge in [0.05, 0.1) is 27.3 Å². The van der Waals surface area contributed by atoms with Gasteiger partial charge in [0.15, 0.2) is 4.80 Å². The summed E-state index contributed by atoms with van der Waals surface area (Å²) in [7, 11) is 1.52. The van der Waals surface area contributed by atoms with Crippen LogP contribution in [0.3, 0.4) is 0 Å². The van der Waals surface area contributed by atoms with Crippen molar-refractivity contribution >= 4 is 40.4 Å². The van der Waals surface area contributed by atoms with E-state index in [2.05, 4.69) is 4.99 Å². The minimum absolute atomic E-state index is 0.0291. The lowest BCUT2D eigenvalue weighted by molar-refractivity contribution is -0.384. The summed E-state index contributed by atoms with van der Waals surface area (Å²) in [4.78, 5) is 42.6. The number of carbonyl (C=O) groups is 1. The van der Waals surface area contributed by atoms with Crippen molar-refractivity contribution in [3.05, 3.63) is 93.3 Å². The number of thiophene rings is 1. The van der Waals surface area contributed by atoms with Crippen molar-refractivity contribution in [3.8, 4) is 0 Å². The Balaban J connectivity index is 1.82. The number of thiazole rings is 1. The number of carbonyl (C=O) groups excluding carboxylic acids is 1. The molecule has 0 spiro atoms. The highest BCUT2D eigenvalue weighted by Crippen LogP contribution is 2.33. The third kappa shape index (κ3) is 4.56. The van der Waals surface area contributed by atoms with Gasteiger partial charge in [0.25, 0.3) is 11.2 Å². The second kappa shape index (κ2) is 9.61. The van der Waals surface area contributed by atoms with E-state index in [0.29, 0.717) is 26.2 Å². The first-order valence-electron chi connectivity index (χ1n) is 9.87. The van der Waals surface area contributed by atoms with Crippen LogP contribution in [0.25, 0.3) is 6.08 Å². The van der Waals surface area contributed by atoms with Crippen molar-refractivity contribution in [2.45, 2.75) is 13.0 Å². The summed E-state index contributed by atoms with van der Waals surface area (Å²) >= 11 is 2.63. The van der Waals surface area contributed by atoms with Crippen LogP contribution in [0.1, 0.15) is 23.4 Å². The van der Waals surface area contributed by atoms with Gasteiger partial charge in [-0.2, -0.15) is 0 Å². The van der Waals surface area contributed by atoms with E-state index in [0.717, 1.165) is 4.88 Å². The number of nitro groups is 1. The molecule has 0 bridgehead atoms. The first-order chi connectivity index (χ1) is 15.9. The van der Waals surface area contributed by atoms with Gasteiger partial charge in [0, 0.05) is 24.1 Å². The summed E-state index contributed by atoms with van der Waals surface area (Å²) in [6, 6.07) is 8.99. The Morgan fingerprint density at radius 1 is 1.27 bits per heavy atom. The molecular formula is C22H19N3O6S2. The van der Waals surface area contributed by atoms with Gasteiger partial charge in [0.2, 0.25) is 0 Å². The van der Waals surface area contributed by atoms with Crippen LogP contribution in [-0.4, -0.2) is 35.8 Å². The van der Waals surface area contributed by atoms with Gasteiger partial charge in [0.1, 0.15) is 12.6 Å². The Labute approximate surface area is 195 Å². The number of fused-ring (bicyclic) bond motifs is 1. The standard InChI is InChI=1S/C22H19N3O6S2/c1-13-18(21(27)31-10-9-30-2)19(16-4-3-11-32-16)24-20(26)17(33-22(24)23-13)12-14-5-7-15(8-6-14)25(28)29/h3-8,11-12,19H,9-10H2,1-2H3/b17-12+. The van der Waals surface area contributed by atoms with Crippen LogP contribution in [0.15, 0.2) is 62.8 Å². The number of allylic oxidation sites excluding steroid dienone is 1. The summed E-state index contributed by atoms with van der Waals surface area (Å²) in [5.41, 5.74) is 1.11. The fraction of sp³-hybridized carbons (Fsp3) is 0.227. The maximum atomic E-state index is 13.4. The van der Waals surface area contributed by atoms with Gasteiger partial charge < -0.3 is 9.47 Å². The van der Waals surface area contributed by atoms with Crippen LogP contribution in [0.2, 0.25) is 0 Å². The topological polar surface area (TPSA) is 113 Å². The monoisotopic (exact) mass is 485 g/mol. The minimum atomic E-state index is -0.657. The molecule has 0 N–H and O–H groups in total. The van der Waals surface area contributed by atoms with Crippen molar-refractivity contribution in [1.82, 2.24) is 4.57 Å². The number of nitro benzene ring substituents is 1. The molecule has 3 heterocycles. The number of aromatic nitrogens is 1. The summed E-state index contributed by atoms with van der Waals surface area (Å²) in [5, 5.41) is 12.8. The Morgan fingerprint density at radius 2 is 2.03 bits per heavy atom. The maximum Gasteiger partial charge on any atom is 0.338 e. The summed E-state index contributed by atoms with van der Waals surface area (Å²) < 4.78 is 12.2. The molecule has 4 rings (SSSR count). The van der Waals surface area contributed by atoms with E-state index in [1.54, 1.807) is 25.1 Å². The molecule has 2 aromatic heterocycles. The average molecular weight is 486 g/mol. The van der Waals surface area contributed by atoms with Crippen LogP contribution < -0.4 is 14.9 Å². The third-order valence-electron chi connectivity index (χ3n) is 4.98. The van der Waals surface area contributed by atoms with Gasteiger partial charge in [-0.05, 0) is 42.1 Å². The molecule has 0 amide bonds. The van der Waals surface area contributed by atoms with Crippen molar-refractivity contribution in [3.63, 3.8) is 0 Å². The number of methoxy groups -OCH3 is 1. The molecule has 33 heavy (non-hydrogen) atoms. The smallest absolute Gasteiger partial charge is 0.338 e. The van der Waals surface area contributed by atoms with E-state index in [9.17, 15) is 19.7 Å². The normalized spacial score (nSPS) is 15.8. The Bertz CT molecular complexity index is 1400. The maximum absolute atomic E-state index is 13.4. The molecule has 0 saturated heterocycles. The average Bonchev–Trinajstić information content (AvgIpc) is 3.42. The number of rotatable bonds is 7. The van der Waals surface area contributed by atoms with Gasteiger partial charge in [-0.3, -0.25) is 19.5 Å². The Hall–Kier alpha value is -3.41. The molecule has 9 nitrogen and oxygen atoms in total. The highest BCUT2D eigenvalue weighted by molar-refractivity contribution is 7.10. The van der Waals surface area contributed by atoms with Crippen molar-refractivity contribution in [2.24, 2.45) is 4.99 Å². The van der Waals surface area contributed by atoms with Crippen molar-refractivity contribution in [2.75, 3.05) is 20.3 Å². The van der Waals surface area contributed by atoms with E-state index in [4.69, 9.17) is 9.47 Å². The highest BCUT2D eigenvalue weighted by Gasteiger charge is 2.34. The first kappa shape index (κ1) is 22.8. The zero-order valence-corrected chi connectivity index (χ0v) is 19.4. The quantitative estimate of drug-likeness (QED) is 0.220. The number of benzene rings is 1. The number of esters is 1. The van der Waals surface area contributed by atoms with Gasteiger partial charge in [-0.15, -0.1) is 11.3 Å². The predicted molar refractivity (Wildman–Crippen MR) is 124 cm³/mol.